The van der Waals surface area contributed by atoms with E-state index in [9.17, 15) is 21.6 Å². The molecule has 3 aromatic rings. The van der Waals surface area contributed by atoms with Gasteiger partial charge in [-0.25, -0.2) is 16.8 Å². The molecule has 0 radical (unpaired) electrons. The fourth-order valence-corrected chi connectivity index (χ4v) is 6.73. The number of ether oxygens (including phenoxy) is 2. The van der Waals surface area contributed by atoms with Crippen LogP contribution in [0.3, 0.4) is 0 Å². The first-order valence-corrected chi connectivity index (χ1v) is 14.7. The lowest BCUT2D eigenvalue weighted by Crippen LogP contribution is -2.31. The molecular weight excluding hydrogens is 530 g/mol. The van der Waals surface area contributed by atoms with Crippen molar-refractivity contribution in [2.45, 2.75) is 30.6 Å². The van der Waals surface area contributed by atoms with E-state index in [0.717, 1.165) is 0 Å². The summed E-state index contributed by atoms with van der Waals surface area (Å²) in [4.78, 5) is 12.9. The summed E-state index contributed by atoms with van der Waals surface area (Å²) in [5.74, 6) is 0.0844. The minimum atomic E-state index is -3.98. The Morgan fingerprint density at radius 2 is 1.45 bits per heavy atom. The lowest BCUT2D eigenvalue weighted by molar-refractivity contribution is 0.102. The van der Waals surface area contributed by atoms with Crippen LogP contribution in [0.2, 0.25) is 0 Å². The number of methoxy groups -OCH3 is 2. The van der Waals surface area contributed by atoms with Gasteiger partial charge < -0.3 is 14.8 Å². The summed E-state index contributed by atoms with van der Waals surface area (Å²) >= 11 is 0. The standard InChI is InChI=1S/C26H31N3O7S2/c1-6-29(7-2)38(33,34)25-16-19(9-15-23(25)36-5)26(30)27-21-10-8-18(3)24(17-21)37(31,32)28-20-11-13-22(35-4)14-12-20/h8-17,28H,6-7H2,1-5H3,(H,27,30). The van der Waals surface area contributed by atoms with E-state index in [-0.39, 0.29) is 39.9 Å². The Morgan fingerprint density at radius 1 is 0.816 bits per heavy atom. The second-order valence-corrected chi connectivity index (χ2v) is 11.8. The molecule has 38 heavy (non-hydrogen) atoms. The minimum Gasteiger partial charge on any atom is -0.497 e. The average Bonchev–Trinajstić information content (AvgIpc) is 2.90. The maximum atomic E-state index is 13.1. The number of carbonyl (C=O) groups excluding carboxylic acids is 1. The molecule has 2 N–H and O–H groups in total. The van der Waals surface area contributed by atoms with Gasteiger partial charge in [0.05, 0.1) is 19.1 Å². The van der Waals surface area contributed by atoms with Crippen LogP contribution in [-0.4, -0.2) is 54.4 Å². The first-order chi connectivity index (χ1) is 18.0. The molecule has 204 valence electrons. The molecule has 0 aromatic heterocycles. The highest BCUT2D eigenvalue weighted by molar-refractivity contribution is 7.92. The third kappa shape index (κ3) is 6.26. The summed E-state index contributed by atoms with van der Waals surface area (Å²) in [5.41, 5.74) is 1.11. The number of anilines is 2. The van der Waals surface area contributed by atoms with E-state index in [0.29, 0.717) is 17.0 Å². The summed E-state index contributed by atoms with van der Waals surface area (Å²) in [6.45, 7) is 5.59. The highest BCUT2D eigenvalue weighted by atomic mass is 32.2. The Labute approximate surface area is 223 Å². The van der Waals surface area contributed by atoms with Gasteiger partial charge in [-0.3, -0.25) is 9.52 Å². The fraction of sp³-hybridized carbons (Fsp3) is 0.269. The van der Waals surface area contributed by atoms with Crippen LogP contribution in [0, 0.1) is 6.92 Å². The van der Waals surface area contributed by atoms with Crippen LogP contribution < -0.4 is 19.5 Å². The van der Waals surface area contributed by atoms with E-state index in [2.05, 4.69) is 10.0 Å². The zero-order valence-electron chi connectivity index (χ0n) is 21.8. The molecule has 0 unspecified atom stereocenters. The summed E-state index contributed by atoms with van der Waals surface area (Å²) in [6, 6.07) is 15.0. The normalized spacial score (nSPS) is 11.7. The number of rotatable bonds is 11. The van der Waals surface area contributed by atoms with Gasteiger partial charge in [-0.15, -0.1) is 0 Å². The summed E-state index contributed by atoms with van der Waals surface area (Å²) in [5, 5.41) is 2.65. The number of hydrogen-bond acceptors (Lipinski definition) is 7. The molecule has 0 aliphatic heterocycles. The van der Waals surface area contributed by atoms with Gasteiger partial charge in [-0.2, -0.15) is 4.31 Å². The number of amides is 1. The van der Waals surface area contributed by atoms with E-state index in [1.54, 1.807) is 57.2 Å². The van der Waals surface area contributed by atoms with Crippen LogP contribution in [0.25, 0.3) is 0 Å². The molecule has 0 spiro atoms. The zero-order chi connectivity index (χ0) is 28.1. The van der Waals surface area contributed by atoms with Crippen LogP contribution in [0.5, 0.6) is 11.5 Å². The minimum absolute atomic E-state index is 0.0225. The van der Waals surface area contributed by atoms with Crippen molar-refractivity contribution < 1.29 is 31.1 Å². The van der Waals surface area contributed by atoms with Crippen LogP contribution in [0.4, 0.5) is 11.4 Å². The van der Waals surface area contributed by atoms with E-state index in [4.69, 9.17) is 9.47 Å². The van der Waals surface area contributed by atoms with Crippen LogP contribution in [0.1, 0.15) is 29.8 Å². The van der Waals surface area contributed by atoms with Crippen molar-refractivity contribution in [3.05, 3.63) is 71.8 Å². The molecule has 3 aromatic carbocycles. The van der Waals surface area contributed by atoms with Crippen molar-refractivity contribution in [3.63, 3.8) is 0 Å². The smallest absolute Gasteiger partial charge is 0.262 e. The Hall–Kier alpha value is -3.61. The van der Waals surface area contributed by atoms with Crippen molar-refractivity contribution in [1.82, 2.24) is 4.31 Å². The third-order valence-electron chi connectivity index (χ3n) is 5.83. The lowest BCUT2D eigenvalue weighted by atomic mass is 10.2. The van der Waals surface area contributed by atoms with Gasteiger partial charge >= 0.3 is 0 Å². The molecule has 1 amide bonds. The Bertz CT molecular complexity index is 1520. The number of nitrogens with one attached hydrogen (secondary N) is 2. The molecule has 10 nitrogen and oxygen atoms in total. The van der Waals surface area contributed by atoms with E-state index in [1.165, 1.54) is 42.8 Å². The highest BCUT2D eigenvalue weighted by Gasteiger charge is 2.27. The fourth-order valence-electron chi connectivity index (χ4n) is 3.76. The Balaban J connectivity index is 1.90. The number of aryl methyl sites for hydroxylation is 1. The summed E-state index contributed by atoms with van der Waals surface area (Å²) in [6.07, 6.45) is 0. The maximum Gasteiger partial charge on any atom is 0.262 e. The number of hydrogen-bond donors (Lipinski definition) is 2. The van der Waals surface area contributed by atoms with Gasteiger partial charge in [0.2, 0.25) is 10.0 Å². The second kappa shape index (κ2) is 11.8. The largest absolute Gasteiger partial charge is 0.497 e. The molecule has 12 heteroatoms. The van der Waals surface area contributed by atoms with Gasteiger partial charge in [-0.1, -0.05) is 19.9 Å². The summed E-state index contributed by atoms with van der Waals surface area (Å²) < 4.78 is 66.5. The van der Waals surface area contributed by atoms with Crippen molar-refractivity contribution in [1.29, 1.82) is 0 Å². The monoisotopic (exact) mass is 561 g/mol. The molecule has 0 saturated heterocycles. The van der Waals surface area contributed by atoms with Crippen molar-refractivity contribution in [2.75, 3.05) is 37.3 Å². The van der Waals surface area contributed by atoms with Crippen molar-refractivity contribution in [2.24, 2.45) is 0 Å². The number of sulfonamides is 2. The molecule has 0 heterocycles. The van der Waals surface area contributed by atoms with Crippen molar-refractivity contribution in [3.8, 4) is 11.5 Å². The van der Waals surface area contributed by atoms with E-state index in [1.807, 2.05) is 0 Å². The predicted molar refractivity (Wildman–Crippen MR) is 146 cm³/mol. The lowest BCUT2D eigenvalue weighted by Gasteiger charge is -2.20. The number of nitrogens with zero attached hydrogens (tertiary/aromatic N) is 1. The van der Waals surface area contributed by atoms with Crippen LogP contribution in [-0.2, 0) is 20.0 Å². The van der Waals surface area contributed by atoms with Crippen molar-refractivity contribution >= 4 is 37.3 Å². The first kappa shape index (κ1) is 29.0. The topological polar surface area (TPSA) is 131 Å². The summed E-state index contributed by atoms with van der Waals surface area (Å²) in [7, 11) is -5.02. The Morgan fingerprint density at radius 3 is 2.03 bits per heavy atom. The third-order valence-corrected chi connectivity index (χ3v) is 9.42. The number of carbonyl (C=O) groups is 1. The maximum absolute atomic E-state index is 13.1. The molecule has 0 aliphatic rings. The van der Waals surface area contributed by atoms with Gasteiger partial charge in [0.1, 0.15) is 16.4 Å². The Kier molecular flexibility index (Phi) is 9.02. The SMILES string of the molecule is CCN(CC)S(=O)(=O)c1cc(C(=O)Nc2ccc(C)c(S(=O)(=O)Nc3ccc(OC)cc3)c2)ccc1OC. The van der Waals surface area contributed by atoms with E-state index >= 15 is 0 Å². The van der Waals surface area contributed by atoms with Crippen LogP contribution >= 0.6 is 0 Å². The molecule has 0 fully saturated rings. The highest BCUT2D eigenvalue weighted by Crippen LogP contribution is 2.29. The predicted octanol–water partition coefficient (Wildman–Crippen LogP) is 4.10. The molecule has 0 saturated carbocycles. The zero-order valence-corrected chi connectivity index (χ0v) is 23.4. The molecule has 0 aliphatic carbocycles. The molecule has 0 bridgehead atoms. The second-order valence-electron chi connectivity index (χ2n) is 8.22. The first-order valence-electron chi connectivity index (χ1n) is 11.7. The molecular formula is C26H31N3O7S2. The molecule has 0 atom stereocenters. The van der Waals surface area contributed by atoms with E-state index < -0.39 is 26.0 Å². The van der Waals surface area contributed by atoms with Gasteiger partial charge in [0.15, 0.2) is 0 Å². The number of benzene rings is 3. The van der Waals surface area contributed by atoms with Gasteiger partial charge in [0.25, 0.3) is 15.9 Å². The van der Waals surface area contributed by atoms with Gasteiger partial charge in [0, 0.05) is 30.0 Å². The average molecular weight is 562 g/mol. The quantitative estimate of drug-likeness (QED) is 0.360. The van der Waals surface area contributed by atoms with Gasteiger partial charge in [-0.05, 0) is 67.1 Å². The van der Waals surface area contributed by atoms with Crippen LogP contribution in [0.15, 0.2) is 70.5 Å². The molecule has 3 rings (SSSR count).